The molecule has 0 amide bonds. The van der Waals surface area contributed by atoms with Crippen LogP contribution in [0.5, 0.6) is 0 Å². The zero-order valence-electron chi connectivity index (χ0n) is 26.8. The van der Waals surface area contributed by atoms with Gasteiger partial charge in [-0.2, -0.15) is 0 Å². The minimum atomic E-state index is -0.171. The molecule has 2 aromatic carbocycles. The summed E-state index contributed by atoms with van der Waals surface area (Å²) < 4.78 is 0. The summed E-state index contributed by atoms with van der Waals surface area (Å²) in [5.74, 6) is 2.76. The lowest BCUT2D eigenvalue weighted by atomic mass is 9.64. The van der Waals surface area contributed by atoms with Gasteiger partial charge in [0, 0.05) is 0 Å². The molecule has 1 aliphatic carbocycles. The molecule has 0 heterocycles. The minimum absolute atomic E-state index is 0.171. The SMILES string of the molecule is CC(C)(C)P(C[C@@H]1C(c2ccccc2)CCC(c2ccccc2)[C@@H]1CP(C(C)(C)C)C(C)(C)C)C(C)(C)C. The average molecular weight is 553 g/mol. The molecule has 0 spiro atoms. The zero-order valence-corrected chi connectivity index (χ0v) is 28.6. The minimum Gasteiger partial charge on any atom is -0.0953 e. The third-order valence-electron chi connectivity index (χ3n) is 8.85. The van der Waals surface area contributed by atoms with Crippen LogP contribution in [0.25, 0.3) is 0 Å². The van der Waals surface area contributed by atoms with Crippen molar-refractivity contribution in [2.45, 2.75) is 128 Å². The van der Waals surface area contributed by atoms with Crippen molar-refractivity contribution in [2.75, 3.05) is 12.3 Å². The van der Waals surface area contributed by atoms with Crippen LogP contribution in [-0.2, 0) is 0 Å². The van der Waals surface area contributed by atoms with E-state index in [1.54, 1.807) is 11.1 Å². The molecule has 0 saturated heterocycles. The van der Waals surface area contributed by atoms with E-state index < -0.39 is 0 Å². The summed E-state index contributed by atoms with van der Waals surface area (Å²) in [6, 6.07) is 23.2. The van der Waals surface area contributed by atoms with E-state index in [4.69, 9.17) is 0 Å². The first-order valence-electron chi connectivity index (χ1n) is 15.1. The largest absolute Gasteiger partial charge is 0.0953 e. The van der Waals surface area contributed by atoms with Gasteiger partial charge in [-0.3, -0.25) is 0 Å². The van der Waals surface area contributed by atoms with Crippen LogP contribution in [0.1, 0.15) is 119 Å². The van der Waals surface area contributed by atoms with Crippen molar-refractivity contribution in [1.29, 1.82) is 0 Å². The van der Waals surface area contributed by atoms with Crippen LogP contribution in [0.3, 0.4) is 0 Å². The smallest absolute Gasteiger partial charge is 0.0127 e. The van der Waals surface area contributed by atoms with Gasteiger partial charge in [-0.05, 0) is 80.6 Å². The van der Waals surface area contributed by atoms with Crippen LogP contribution in [0, 0.1) is 11.8 Å². The van der Waals surface area contributed by atoms with Crippen molar-refractivity contribution in [1.82, 2.24) is 0 Å². The molecule has 1 fully saturated rings. The molecule has 0 radical (unpaired) electrons. The van der Waals surface area contributed by atoms with E-state index in [-0.39, 0.29) is 15.8 Å². The molecule has 0 N–H and O–H groups in total. The molecular formula is C36H58P2. The molecule has 1 saturated carbocycles. The van der Waals surface area contributed by atoms with Crippen molar-refractivity contribution in [3.8, 4) is 0 Å². The van der Waals surface area contributed by atoms with Gasteiger partial charge in [-0.25, -0.2) is 0 Å². The molecule has 0 nitrogen and oxygen atoms in total. The monoisotopic (exact) mass is 552 g/mol. The Morgan fingerprint density at radius 2 is 0.737 bits per heavy atom. The second kappa shape index (κ2) is 12.0. The van der Waals surface area contributed by atoms with Gasteiger partial charge >= 0.3 is 0 Å². The van der Waals surface area contributed by atoms with Gasteiger partial charge in [-0.1, -0.05) is 160 Å². The molecule has 212 valence electrons. The van der Waals surface area contributed by atoms with Crippen molar-refractivity contribution in [3.05, 3.63) is 71.8 Å². The topological polar surface area (TPSA) is 0 Å². The second-order valence-electron chi connectivity index (χ2n) is 15.8. The Hall–Kier alpha value is -0.700. The summed E-state index contributed by atoms with van der Waals surface area (Å²) in [6.07, 6.45) is 5.39. The van der Waals surface area contributed by atoms with Gasteiger partial charge in [0.1, 0.15) is 0 Å². The van der Waals surface area contributed by atoms with Crippen LogP contribution >= 0.6 is 15.8 Å². The van der Waals surface area contributed by atoms with Crippen molar-refractivity contribution < 1.29 is 0 Å². The first kappa shape index (κ1) is 31.8. The highest BCUT2D eigenvalue weighted by atomic mass is 31.1. The van der Waals surface area contributed by atoms with E-state index in [1.807, 2.05) is 0 Å². The number of hydrogen-bond donors (Lipinski definition) is 0. The Balaban J connectivity index is 2.19. The van der Waals surface area contributed by atoms with E-state index in [0.717, 1.165) is 11.8 Å². The molecule has 0 aromatic heterocycles. The number of benzene rings is 2. The number of hydrogen-bond acceptors (Lipinski definition) is 0. The summed E-state index contributed by atoms with van der Waals surface area (Å²) >= 11 is 0. The van der Waals surface area contributed by atoms with Gasteiger partial charge in [0.15, 0.2) is 0 Å². The van der Waals surface area contributed by atoms with Crippen LogP contribution in [-0.4, -0.2) is 32.9 Å². The van der Waals surface area contributed by atoms with E-state index in [1.165, 1.54) is 25.2 Å². The lowest BCUT2D eigenvalue weighted by Gasteiger charge is -2.52. The molecule has 38 heavy (non-hydrogen) atoms. The Morgan fingerprint density at radius 3 is 0.974 bits per heavy atom. The van der Waals surface area contributed by atoms with Crippen LogP contribution in [0.2, 0.25) is 0 Å². The lowest BCUT2D eigenvalue weighted by molar-refractivity contribution is 0.209. The Bertz CT molecular complexity index is 871. The fraction of sp³-hybridized carbons (Fsp3) is 0.667. The van der Waals surface area contributed by atoms with Gasteiger partial charge in [0.05, 0.1) is 0 Å². The van der Waals surface area contributed by atoms with Crippen molar-refractivity contribution in [2.24, 2.45) is 11.8 Å². The predicted molar refractivity (Wildman–Crippen MR) is 177 cm³/mol. The molecule has 1 aliphatic rings. The molecular weight excluding hydrogens is 494 g/mol. The third-order valence-corrected chi connectivity index (χ3v) is 16.9. The Morgan fingerprint density at radius 1 is 0.474 bits per heavy atom. The van der Waals surface area contributed by atoms with Crippen molar-refractivity contribution in [3.63, 3.8) is 0 Å². The lowest BCUT2D eigenvalue weighted by Crippen LogP contribution is -2.41. The summed E-state index contributed by atoms with van der Waals surface area (Å²) in [5.41, 5.74) is 3.17. The standard InChI is InChI=1S/C36H58P2/c1-33(2,3)37(34(4,5)6)25-31-29(27-19-15-13-16-20-27)23-24-30(28-21-17-14-18-22-28)32(31)26-38(35(7,8)9)36(10,11)12/h13-22,29-32H,23-26H2,1-12H3/t29?,30?,31-,32+. The molecule has 3 rings (SSSR count). The van der Waals surface area contributed by atoms with E-state index in [2.05, 4.69) is 144 Å². The maximum absolute atomic E-state index is 2.52. The third kappa shape index (κ3) is 7.94. The summed E-state index contributed by atoms with van der Waals surface area (Å²) in [4.78, 5) is 0. The zero-order chi connectivity index (χ0) is 28.5. The first-order chi connectivity index (χ1) is 17.4. The quantitative estimate of drug-likeness (QED) is 0.313. The Labute approximate surface area is 239 Å². The summed E-state index contributed by atoms with van der Waals surface area (Å²) in [6.45, 7) is 30.2. The van der Waals surface area contributed by atoms with E-state index in [0.29, 0.717) is 32.5 Å². The van der Waals surface area contributed by atoms with E-state index in [9.17, 15) is 0 Å². The van der Waals surface area contributed by atoms with Gasteiger partial charge in [0.2, 0.25) is 0 Å². The number of rotatable bonds is 6. The normalized spacial score (nSPS) is 23.7. The molecule has 2 heteroatoms. The van der Waals surface area contributed by atoms with Gasteiger partial charge in [0.25, 0.3) is 0 Å². The highest BCUT2D eigenvalue weighted by molar-refractivity contribution is 7.61. The summed E-state index contributed by atoms with van der Waals surface area (Å²) in [7, 11) is -0.342. The highest BCUT2D eigenvalue weighted by Crippen LogP contribution is 2.67. The highest BCUT2D eigenvalue weighted by Gasteiger charge is 2.47. The second-order valence-corrected chi connectivity index (χ2v) is 23.7. The summed E-state index contributed by atoms with van der Waals surface area (Å²) in [5, 5.41) is 1.38. The van der Waals surface area contributed by atoms with Gasteiger partial charge < -0.3 is 0 Å². The molecule has 4 atom stereocenters. The maximum atomic E-state index is 2.52. The van der Waals surface area contributed by atoms with Crippen LogP contribution in [0.4, 0.5) is 0 Å². The molecule has 2 unspecified atom stereocenters. The van der Waals surface area contributed by atoms with Crippen molar-refractivity contribution >= 4 is 15.8 Å². The Kier molecular flexibility index (Phi) is 10.1. The first-order valence-corrected chi connectivity index (χ1v) is 18.1. The molecule has 0 bridgehead atoms. The fourth-order valence-corrected chi connectivity index (χ4v) is 15.8. The van der Waals surface area contributed by atoms with Crippen LogP contribution < -0.4 is 0 Å². The van der Waals surface area contributed by atoms with Gasteiger partial charge in [-0.15, -0.1) is 0 Å². The maximum Gasteiger partial charge on any atom is -0.0127 e. The molecule has 2 aromatic rings. The fourth-order valence-electron chi connectivity index (χ4n) is 7.67. The van der Waals surface area contributed by atoms with Crippen LogP contribution in [0.15, 0.2) is 60.7 Å². The predicted octanol–water partition coefficient (Wildman–Crippen LogP) is 11.7. The van der Waals surface area contributed by atoms with E-state index >= 15 is 0 Å². The molecule has 0 aliphatic heterocycles. The average Bonchev–Trinajstić information content (AvgIpc) is 2.79.